The molecular formula is C16H20O3. The standard InChI is InChI=1S/C16H20O3/c1-5-13(7-6-12(2)17)10-14-8-9-15(18-3)16(11-14)19-4/h6-11H,5H2,1-4H3/b7-6+,13-10+. The lowest BCUT2D eigenvalue weighted by Crippen LogP contribution is -1.90. The van der Waals surface area contributed by atoms with E-state index in [1.165, 1.54) is 0 Å². The number of allylic oxidation sites excluding steroid dienone is 3. The smallest absolute Gasteiger partial charge is 0.161 e. The van der Waals surface area contributed by atoms with E-state index >= 15 is 0 Å². The summed E-state index contributed by atoms with van der Waals surface area (Å²) in [6.07, 6.45) is 6.31. The second-order valence-electron chi connectivity index (χ2n) is 4.13. The summed E-state index contributed by atoms with van der Waals surface area (Å²) >= 11 is 0. The molecule has 1 rings (SSSR count). The van der Waals surface area contributed by atoms with E-state index < -0.39 is 0 Å². The Morgan fingerprint density at radius 3 is 2.37 bits per heavy atom. The third-order valence-corrected chi connectivity index (χ3v) is 2.70. The van der Waals surface area contributed by atoms with Crippen molar-refractivity contribution in [3.63, 3.8) is 0 Å². The zero-order valence-electron chi connectivity index (χ0n) is 11.9. The maximum absolute atomic E-state index is 10.9. The van der Waals surface area contributed by atoms with E-state index in [9.17, 15) is 4.79 Å². The molecule has 102 valence electrons. The highest BCUT2D eigenvalue weighted by atomic mass is 16.5. The number of rotatable bonds is 6. The lowest BCUT2D eigenvalue weighted by molar-refractivity contribution is -0.112. The normalized spacial score (nSPS) is 11.7. The van der Waals surface area contributed by atoms with Crippen LogP contribution in [0.15, 0.2) is 35.9 Å². The van der Waals surface area contributed by atoms with Crippen molar-refractivity contribution in [2.45, 2.75) is 20.3 Å². The van der Waals surface area contributed by atoms with Gasteiger partial charge in [-0.05, 0) is 42.7 Å². The molecule has 0 spiro atoms. The van der Waals surface area contributed by atoms with Crippen molar-refractivity contribution in [2.24, 2.45) is 0 Å². The number of methoxy groups -OCH3 is 2. The molecule has 0 aliphatic carbocycles. The van der Waals surface area contributed by atoms with Gasteiger partial charge in [0.1, 0.15) is 0 Å². The molecule has 0 atom stereocenters. The number of hydrogen-bond acceptors (Lipinski definition) is 3. The minimum Gasteiger partial charge on any atom is -0.493 e. The van der Waals surface area contributed by atoms with Crippen LogP contribution in [0.3, 0.4) is 0 Å². The fraction of sp³-hybridized carbons (Fsp3) is 0.312. The molecule has 0 N–H and O–H groups in total. The Balaban J connectivity index is 3.05. The van der Waals surface area contributed by atoms with E-state index in [0.717, 1.165) is 17.6 Å². The molecule has 0 saturated carbocycles. The first-order valence-electron chi connectivity index (χ1n) is 6.22. The Hall–Kier alpha value is -2.03. The molecule has 1 aromatic carbocycles. The second-order valence-corrected chi connectivity index (χ2v) is 4.13. The van der Waals surface area contributed by atoms with Gasteiger partial charge >= 0.3 is 0 Å². The van der Waals surface area contributed by atoms with Gasteiger partial charge in [-0.2, -0.15) is 0 Å². The summed E-state index contributed by atoms with van der Waals surface area (Å²) in [5.74, 6) is 1.45. The lowest BCUT2D eigenvalue weighted by Gasteiger charge is -2.08. The molecule has 1 aromatic rings. The SMILES string of the molecule is CCC(/C=C/C(C)=O)=C\c1ccc(OC)c(OC)c1. The first-order chi connectivity index (χ1) is 9.10. The molecule has 0 heterocycles. The number of benzene rings is 1. The van der Waals surface area contributed by atoms with Gasteiger partial charge in [-0.1, -0.05) is 25.1 Å². The number of carbonyl (C=O) groups excluding carboxylic acids is 1. The molecule has 19 heavy (non-hydrogen) atoms. The van der Waals surface area contributed by atoms with Crippen LogP contribution < -0.4 is 9.47 Å². The van der Waals surface area contributed by atoms with E-state index in [-0.39, 0.29) is 5.78 Å². The second kappa shape index (κ2) is 7.41. The Labute approximate surface area is 114 Å². The molecule has 0 fully saturated rings. The molecule has 3 nitrogen and oxygen atoms in total. The van der Waals surface area contributed by atoms with Gasteiger partial charge in [0.15, 0.2) is 17.3 Å². The van der Waals surface area contributed by atoms with Crippen molar-refractivity contribution in [3.05, 3.63) is 41.5 Å². The summed E-state index contributed by atoms with van der Waals surface area (Å²) in [6, 6.07) is 5.74. The highest BCUT2D eigenvalue weighted by Crippen LogP contribution is 2.28. The van der Waals surface area contributed by atoms with Gasteiger partial charge in [0, 0.05) is 0 Å². The molecule has 0 aliphatic rings. The van der Waals surface area contributed by atoms with Crippen LogP contribution in [-0.4, -0.2) is 20.0 Å². The molecule has 3 heteroatoms. The molecule has 0 unspecified atom stereocenters. The van der Waals surface area contributed by atoms with Crippen LogP contribution in [0.1, 0.15) is 25.8 Å². The summed E-state index contributed by atoms with van der Waals surface area (Å²) < 4.78 is 10.5. The first kappa shape index (κ1) is 15.0. The van der Waals surface area contributed by atoms with Crippen molar-refractivity contribution in [1.82, 2.24) is 0 Å². The van der Waals surface area contributed by atoms with E-state index in [1.54, 1.807) is 27.2 Å². The Morgan fingerprint density at radius 1 is 1.16 bits per heavy atom. The molecule has 0 saturated heterocycles. The maximum atomic E-state index is 10.9. The summed E-state index contributed by atoms with van der Waals surface area (Å²) in [4.78, 5) is 10.9. The minimum absolute atomic E-state index is 0.0478. The van der Waals surface area contributed by atoms with E-state index in [4.69, 9.17) is 9.47 Å². The largest absolute Gasteiger partial charge is 0.493 e. The highest BCUT2D eigenvalue weighted by Gasteiger charge is 2.03. The van der Waals surface area contributed by atoms with Crippen LogP contribution in [0, 0.1) is 0 Å². The van der Waals surface area contributed by atoms with Crippen molar-refractivity contribution < 1.29 is 14.3 Å². The van der Waals surface area contributed by atoms with E-state index in [0.29, 0.717) is 11.5 Å². The number of ether oxygens (including phenoxy) is 2. The number of carbonyl (C=O) groups is 1. The fourth-order valence-corrected chi connectivity index (χ4v) is 1.65. The number of hydrogen-bond donors (Lipinski definition) is 0. The van der Waals surface area contributed by atoms with Crippen LogP contribution in [0.2, 0.25) is 0 Å². The molecule has 0 aromatic heterocycles. The van der Waals surface area contributed by atoms with Gasteiger partial charge in [0.05, 0.1) is 14.2 Å². The topological polar surface area (TPSA) is 35.5 Å². The average Bonchev–Trinajstić information content (AvgIpc) is 2.42. The quantitative estimate of drug-likeness (QED) is 0.578. The molecule has 0 bridgehead atoms. The van der Waals surface area contributed by atoms with Crippen molar-refractivity contribution in [3.8, 4) is 11.5 Å². The third kappa shape index (κ3) is 4.62. The zero-order chi connectivity index (χ0) is 14.3. The van der Waals surface area contributed by atoms with Crippen molar-refractivity contribution in [2.75, 3.05) is 14.2 Å². The fourth-order valence-electron chi connectivity index (χ4n) is 1.65. The van der Waals surface area contributed by atoms with Gasteiger partial charge in [0.25, 0.3) is 0 Å². The van der Waals surface area contributed by atoms with Gasteiger partial charge in [-0.3, -0.25) is 4.79 Å². The van der Waals surface area contributed by atoms with Crippen molar-refractivity contribution >= 4 is 11.9 Å². The zero-order valence-corrected chi connectivity index (χ0v) is 11.9. The van der Waals surface area contributed by atoms with Gasteiger partial charge < -0.3 is 9.47 Å². The average molecular weight is 260 g/mol. The van der Waals surface area contributed by atoms with Gasteiger partial charge in [0.2, 0.25) is 0 Å². The molecule has 0 amide bonds. The van der Waals surface area contributed by atoms with Crippen LogP contribution in [0.4, 0.5) is 0 Å². The lowest BCUT2D eigenvalue weighted by atomic mass is 10.1. The highest BCUT2D eigenvalue weighted by molar-refractivity contribution is 5.88. The van der Waals surface area contributed by atoms with Gasteiger partial charge in [-0.25, -0.2) is 0 Å². The summed E-state index contributed by atoms with van der Waals surface area (Å²) in [6.45, 7) is 3.59. The van der Waals surface area contributed by atoms with Crippen LogP contribution in [0.5, 0.6) is 11.5 Å². The maximum Gasteiger partial charge on any atom is 0.161 e. The molecular weight excluding hydrogens is 240 g/mol. The predicted octanol–water partition coefficient (Wildman–Crippen LogP) is 3.64. The monoisotopic (exact) mass is 260 g/mol. The Morgan fingerprint density at radius 2 is 1.84 bits per heavy atom. The van der Waals surface area contributed by atoms with E-state index in [1.807, 2.05) is 30.4 Å². The molecule has 0 aliphatic heterocycles. The van der Waals surface area contributed by atoms with Crippen LogP contribution in [0.25, 0.3) is 6.08 Å². The summed E-state index contributed by atoms with van der Waals surface area (Å²) in [5.41, 5.74) is 2.10. The third-order valence-electron chi connectivity index (χ3n) is 2.70. The minimum atomic E-state index is 0.0478. The number of ketones is 1. The Kier molecular flexibility index (Phi) is 5.86. The summed E-state index contributed by atoms with van der Waals surface area (Å²) in [5, 5.41) is 0. The predicted molar refractivity (Wildman–Crippen MR) is 77.6 cm³/mol. The Bertz CT molecular complexity index is 499. The summed E-state index contributed by atoms with van der Waals surface area (Å²) in [7, 11) is 3.22. The first-order valence-corrected chi connectivity index (χ1v) is 6.22. The van der Waals surface area contributed by atoms with E-state index in [2.05, 4.69) is 6.92 Å². The molecule has 0 radical (unpaired) electrons. The van der Waals surface area contributed by atoms with Crippen LogP contribution >= 0.6 is 0 Å². The van der Waals surface area contributed by atoms with Gasteiger partial charge in [-0.15, -0.1) is 0 Å². The van der Waals surface area contributed by atoms with Crippen LogP contribution in [-0.2, 0) is 4.79 Å². The van der Waals surface area contributed by atoms with Crippen molar-refractivity contribution in [1.29, 1.82) is 0 Å².